The molecule has 0 radical (unpaired) electrons. The highest BCUT2D eigenvalue weighted by molar-refractivity contribution is 5.95. The lowest BCUT2D eigenvalue weighted by Crippen LogP contribution is -2.17. The summed E-state index contributed by atoms with van der Waals surface area (Å²) < 4.78 is 11.2. The van der Waals surface area contributed by atoms with Crippen LogP contribution in [0.25, 0.3) is 0 Å². The summed E-state index contributed by atoms with van der Waals surface area (Å²) in [7, 11) is 1.54. The summed E-state index contributed by atoms with van der Waals surface area (Å²) in [6, 6.07) is 19.3. The van der Waals surface area contributed by atoms with Crippen molar-refractivity contribution in [2.24, 2.45) is 5.10 Å². The van der Waals surface area contributed by atoms with E-state index in [4.69, 9.17) is 9.47 Å². The topological polar surface area (TPSA) is 103 Å². The molecule has 158 valence electrons. The number of amides is 1. The molecule has 0 unspecified atom stereocenters. The van der Waals surface area contributed by atoms with E-state index in [0.29, 0.717) is 29.2 Å². The maximum atomic E-state index is 12.2. The third kappa shape index (κ3) is 5.66. The van der Waals surface area contributed by atoms with Crippen molar-refractivity contribution in [1.82, 2.24) is 5.43 Å². The summed E-state index contributed by atoms with van der Waals surface area (Å²) in [5, 5.41) is 15.0. The van der Waals surface area contributed by atoms with Crippen LogP contribution in [0.3, 0.4) is 0 Å². The van der Waals surface area contributed by atoms with E-state index in [2.05, 4.69) is 10.5 Å². The highest BCUT2D eigenvalue weighted by Gasteiger charge is 2.14. The molecular weight excluding hydrogens is 398 g/mol. The van der Waals surface area contributed by atoms with Crippen molar-refractivity contribution in [2.45, 2.75) is 13.5 Å². The van der Waals surface area contributed by atoms with Gasteiger partial charge in [0.1, 0.15) is 6.61 Å². The predicted octanol–water partition coefficient (Wildman–Crippen LogP) is 4.25. The van der Waals surface area contributed by atoms with E-state index >= 15 is 0 Å². The molecule has 0 aromatic heterocycles. The summed E-state index contributed by atoms with van der Waals surface area (Å²) >= 11 is 0. The number of hydrogen-bond acceptors (Lipinski definition) is 6. The molecule has 0 aliphatic heterocycles. The minimum absolute atomic E-state index is 0.118. The van der Waals surface area contributed by atoms with Gasteiger partial charge in [0.25, 0.3) is 11.6 Å². The van der Waals surface area contributed by atoms with Gasteiger partial charge in [0.2, 0.25) is 0 Å². The Kier molecular flexibility index (Phi) is 6.95. The molecule has 1 N–H and O–H groups in total. The molecule has 3 aromatic carbocycles. The Morgan fingerprint density at radius 2 is 1.87 bits per heavy atom. The van der Waals surface area contributed by atoms with Crippen LogP contribution in [0.4, 0.5) is 5.69 Å². The number of aryl methyl sites for hydroxylation is 1. The molecule has 3 aromatic rings. The number of carbonyl (C=O) groups excluding carboxylic acids is 1. The zero-order valence-electron chi connectivity index (χ0n) is 17.1. The van der Waals surface area contributed by atoms with Crippen LogP contribution in [-0.2, 0) is 6.61 Å². The van der Waals surface area contributed by atoms with Crippen LogP contribution < -0.4 is 14.9 Å². The molecule has 0 aliphatic rings. The number of hydrogen-bond donors (Lipinski definition) is 1. The number of benzene rings is 3. The zero-order valence-corrected chi connectivity index (χ0v) is 17.1. The fraction of sp³-hybridized carbons (Fsp3) is 0.130. The van der Waals surface area contributed by atoms with Crippen LogP contribution in [-0.4, -0.2) is 24.2 Å². The maximum Gasteiger partial charge on any atom is 0.273 e. The second-order valence-electron chi connectivity index (χ2n) is 6.64. The lowest BCUT2D eigenvalue weighted by molar-refractivity contribution is -0.385. The Bertz CT molecular complexity index is 1110. The van der Waals surface area contributed by atoms with Gasteiger partial charge in [0, 0.05) is 17.2 Å². The molecule has 0 aliphatic carbocycles. The summed E-state index contributed by atoms with van der Waals surface area (Å²) in [6.07, 6.45) is 1.45. The van der Waals surface area contributed by atoms with E-state index in [-0.39, 0.29) is 11.3 Å². The van der Waals surface area contributed by atoms with Crippen LogP contribution >= 0.6 is 0 Å². The normalized spacial score (nSPS) is 10.6. The molecule has 1 amide bonds. The Labute approximate surface area is 179 Å². The Hall–Kier alpha value is -4.20. The summed E-state index contributed by atoms with van der Waals surface area (Å²) in [6.45, 7) is 2.02. The van der Waals surface area contributed by atoms with Crippen LogP contribution in [0.2, 0.25) is 0 Å². The summed E-state index contributed by atoms with van der Waals surface area (Å²) in [5.74, 6) is 0.564. The number of nitrogens with zero attached hydrogens (tertiary/aromatic N) is 2. The number of nitro groups is 1. The third-order valence-corrected chi connectivity index (χ3v) is 4.47. The first-order chi connectivity index (χ1) is 15.0. The van der Waals surface area contributed by atoms with Gasteiger partial charge in [0.05, 0.1) is 18.2 Å². The average Bonchev–Trinajstić information content (AvgIpc) is 2.78. The van der Waals surface area contributed by atoms with Crippen molar-refractivity contribution < 1.29 is 19.2 Å². The molecule has 0 spiro atoms. The second kappa shape index (κ2) is 10.0. The fourth-order valence-corrected chi connectivity index (χ4v) is 2.80. The molecule has 8 heteroatoms. The standard InChI is InChI=1S/C23H21N3O5/c1-16-8-10-19(13-20(16)26(28)29)23(27)25-24-14-18-9-11-21(22(12-18)30-2)31-15-17-6-4-3-5-7-17/h3-14H,15H2,1-2H3,(H,25,27)/b24-14-. The zero-order chi connectivity index (χ0) is 22.2. The predicted molar refractivity (Wildman–Crippen MR) is 117 cm³/mol. The SMILES string of the molecule is COc1cc(/C=N\NC(=O)c2ccc(C)c([N+](=O)[O-])c2)ccc1OCc1ccccc1. The monoisotopic (exact) mass is 419 g/mol. The van der Waals surface area contributed by atoms with Gasteiger partial charge in [-0.15, -0.1) is 0 Å². The van der Waals surface area contributed by atoms with Gasteiger partial charge in [-0.25, -0.2) is 5.43 Å². The van der Waals surface area contributed by atoms with E-state index in [1.807, 2.05) is 30.3 Å². The summed E-state index contributed by atoms with van der Waals surface area (Å²) in [4.78, 5) is 22.7. The number of nitrogens with one attached hydrogen (secondary N) is 1. The van der Waals surface area contributed by atoms with Crippen molar-refractivity contribution in [3.8, 4) is 11.5 Å². The van der Waals surface area contributed by atoms with E-state index in [0.717, 1.165) is 5.56 Å². The van der Waals surface area contributed by atoms with Crippen molar-refractivity contribution in [1.29, 1.82) is 0 Å². The Balaban J connectivity index is 1.65. The van der Waals surface area contributed by atoms with E-state index in [9.17, 15) is 14.9 Å². The minimum atomic E-state index is -0.547. The smallest absolute Gasteiger partial charge is 0.273 e. The molecule has 3 rings (SSSR count). The van der Waals surface area contributed by atoms with Crippen molar-refractivity contribution in [3.63, 3.8) is 0 Å². The number of rotatable bonds is 8. The van der Waals surface area contributed by atoms with Gasteiger partial charge in [-0.3, -0.25) is 14.9 Å². The van der Waals surface area contributed by atoms with Crippen molar-refractivity contribution >= 4 is 17.8 Å². The number of carbonyl (C=O) groups is 1. The van der Waals surface area contributed by atoms with Crippen LogP contribution in [0.1, 0.15) is 27.0 Å². The first-order valence-electron chi connectivity index (χ1n) is 9.41. The number of ether oxygens (including phenoxy) is 2. The first-order valence-corrected chi connectivity index (χ1v) is 9.41. The Morgan fingerprint density at radius 3 is 2.58 bits per heavy atom. The van der Waals surface area contributed by atoms with Gasteiger partial charge < -0.3 is 9.47 Å². The van der Waals surface area contributed by atoms with Gasteiger partial charge in [0.15, 0.2) is 11.5 Å². The van der Waals surface area contributed by atoms with Crippen LogP contribution in [0.5, 0.6) is 11.5 Å². The largest absolute Gasteiger partial charge is 0.493 e. The van der Waals surface area contributed by atoms with Gasteiger partial charge in [-0.1, -0.05) is 36.4 Å². The van der Waals surface area contributed by atoms with Gasteiger partial charge >= 0.3 is 0 Å². The molecule has 8 nitrogen and oxygen atoms in total. The van der Waals surface area contributed by atoms with Gasteiger partial charge in [-0.2, -0.15) is 5.10 Å². The lowest BCUT2D eigenvalue weighted by Gasteiger charge is -2.11. The third-order valence-electron chi connectivity index (χ3n) is 4.47. The van der Waals surface area contributed by atoms with E-state index in [1.54, 1.807) is 25.1 Å². The number of hydrazone groups is 1. The molecule has 0 atom stereocenters. The van der Waals surface area contributed by atoms with E-state index in [1.165, 1.54) is 31.5 Å². The molecule has 0 heterocycles. The van der Waals surface area contributed by atoms with Gasteiger partial charge in [-0.05, 0) is 42.3 Å². The number of methoxy groups -OCH3 is 1. The molecule has 0 saturated carbocycles. The molecule has 31 heavy (non-hydrogen) atoms. The maximum absolute atomic E-state index is 12.2. The van der Waals surface area contributed by atoms with Crippen molar-refractivity contribution in [3.05, 3.63) is 99.1 Å². The molecular formula is C23H21N3O5. The average molecular weight is 419 g/mol. The number of nitro benzene ring substituents is 1. The lowest BCUT2D eigenvalue weighted by atomic mass is 10.1. The molecule has 0 fully saturated rings. The van der Waals surface area contributed by atoms with Crippen LogP contribution in [0.15, 0.2) is 71.8 Å². The quantitative estimate of drug-likeness (QED) is 0.334. The molecule has 0 saturated heterocycles. The summed E-state index contributed by atoms with van der Waals surface area (Å²) in [5.41, 5.74) is 4.59. The Morgan fingerprint density at radius 1 is 1.10 bits per heavy atom. The van der Waals surface area contributed by atoms with E-state index < -0.39 is 10.8 Å². The minimum Gasteiger partial charge on any atom is -0.493 e. The fourth-order valence-electron chi connectivity index (χ4n) is 2.80. The van der Waals surface area contributed by atoms with Crippen LogP contribution in [0, 0.1) is 17.0 Å². The first kappa shape index (κ1) is 21.5. The second-order valence-corrected chi connectivity index (χ2v) is 6.64. The highest BCUT2D eigenvalue weighted by Crippen LogP contribution is 2.28. The molecule has 0 bridgehead atoms. The van der Waals surface area contributed by atoms with Crippen molar-refractivity contribution in [2.75, 3.05) is 7.11 Å². The highest BCUT2D eigenvalue weighted by atomic mass is 16.6.